The summed E-state index contributed by atoms with van der Waals surface area (Å²) in [5.74, 6) is 0. The van der Waals surface area contributed by atoms with Crippen molar-refractivity contribution in [3.8, 4) is 0 Å². The van der Waals surface area contributed by atoms with Crippen molar-refractivity contribution in [1.82, 2.24) is 0 Å². The molecule has 0 aliphatic rings. The van der Waals surface area contributed by atoms with Crippen molar-refractivity contribution in [2.45, 2.75) is 26.2 Å². The molecule has 0 fully saturated rings. The molecule has 0 N–H and O–H groups in total. The zero-order valence-electron chi connectivity index (χ0n) is 8.06. The molecule has 0 saturated carbocycles. The Morgan fingerprint density at radius 3 is 2.57 bits per heavy atom. The van der Waals surface area contributed by atoms with Crippen molar-refractivity contribution in [1.29, 1.82) is 0 Å². The van der Waals surface area contributed by atoms with Crippen LogP contribution in [0.5, 0.6) is 0 Å². The molecule has 0 aromatic heterocycles. The number of halogens is 3. The molecule has 0 spiro atoms. The fraction of sp³-hybridized carbons (Fsp3) is 0.455. The van der Waals surface area contributed by atoms with Gasteiger partial charge in [0.1, 0.15) is 0 Å². The molecule has 1 aromatic carbocycles. The van der Waals surface area contributed by atoms with E-state index in [9.17, 15) is 8.78 Å². The molecular weight excluding hydrogens is 250 g/mol. The van der Waals surface area contributed by atoms with Gasteiger partial charge in [-0.15, -0.1) is 0 Å². The van der Waals surface area contributed by atoms with Crippen molar-refractivity contribution >= 4 is 15.9 Å². The van der Waals surface area contributed by atoms with Gasteiger partial charge in [-0.25, -0.2) is 8.78 Å². The van der Waals surface area contributed by atoms with Crippen molar-refractivity contribution < 1.29 is 8.78 Å². The molecule has 0 radical (unpaired) electrons. The predicted molar refractivity (Wildman–Crippen MR) is 58.3 cm³/mol. The predicted octanol–water partition coefficient (Wildman–Crippen LogP) is 4.26. The number of hydrogen-bond acceptors (Lipinski definition) is 0. The van der Waals surface area contributed by atoms with E-state index in [-0.39, 0.29) is 5.56 Å². The molecule has 1 aromatic rings. The first kappa shape index (κ1) is 11.6. The topological polar surface area (TPSA) is 0 Å². The molecule has 14 heavy (non-hydrogen) atoms. The largest absolute Gasteiger partial charge is 0.263 e. The second-order valence-electron chi connectivity index (χ2n) is 3.35. The summed E-state index contributed by atoms with van der Waals surface area (Å²) in [6.45, 7) is 1.85. The maximum absolute atomic E-state index is 12.4. The lowest BCUT2D eigenvalue weighted by Crippen LogP contribution is -1.92. The van der Waals surface area contributed by atoms with Gasteiger partial charge in [0.2, 0.25) is 0 Å². The smallest absolute Gasteiger partial charge is 0.205 e. The molecule has 0 aliphatic carbocycles. The average molecular weight is 263 g/mol. The van der Waals surface area contributed by atoms with Crippen LogP contribution in [0.1, 0.15) is 29.5 Å². The monoisotopic (exact) mass is 262 g/mol. The zero-order chi connectivity index (χ0) is 10.6. The van der Waals surface area contributed by atoms with Crippen LogP contribution in [0.3, 0.4) is 0 Å². The van der Waals surface area contributed by atoms with E-state index in [0.717, 1.165) is 29.3 Å². The summed E-state index contributed by atoms with van der Waals surface area (Å²) in [5.41, 5.74) is 2.04. The molecule has 0 amide bonds. The summed E-state index contributed by atoms with van der Waals surface area (Å²) in [7, 11) is 0. The average Bonchev–Trinajstić information content (AvgIpc) is 2.14. The molecule has 78 valence electrons. The quantitative estimate of drug-likeness (QED) is 0.712. The van der Waals surface area contributed by atoms with Crippen molar-refractivity contribution in [3.63, 3.8) is 0 Å². The SMILES string of the molecule is Cc1cc(CCCBr)cc(C(F)F)c1. The Balaban J connectivity index is 2.84. The Kier molecular flexibility index (Phi) is 4.52. The molecule has 0 bridgehead atoms. The fourth-order valence-electron chi connectivity index (χ4n) is 1.44. The molecule has 0 atom stereocenters. The van der Waals surface area contributed by atoms with Crippen LogP contribution in [-0.4, -0.2) is 5.33 Å². The summed E-state index contributed by atoms with van der Waals surface area (Å²) in [6, 6.07) is 5.11. The van der Waals surface area contributed by atoms with Gasteiger partial charge in [0.25, 0.3) is 6.43 Å². The first-order chi connectivity index (χ1) is 6.63. The molecule has 0 unspecified atom stereocenters. The van der Waals surface area contributed by atoms with Crippen LogP contribution in [0.2, 0.25) is 0 Å². The summed E-state index contributed by atoms with van der Waals surface area (Å²) in [5, 5.41) is 0.908. The number of alkyl halides is 3. The fourth-order valence-corrected chi connectivity index (χ4v) is 1.72. The van der Waals surface area contributed by atoms with Crippen LogP contribution in [0.4, 0.5) is 8.78 Å². The van der Waals surface area contributed by atoms with E-state index in [2.05, 4.69) is 15.9 Å². The Labute approximate surface area is 91.5 Å². The lowest BCUT2D eigenvalue weighted by molar-refractivity contribution is 0.151. The third-order valence-electron chi connectivity index (χ3n) is 2.01. The van der Waals surface area contributed by atoms with Crippen LogP contribution in [0.25, 0.3) is 0 Å². The van der Waals surface area contributed by atoms with E-state index in [4.69, 9.17) is 0 Å². The van der Waals surface area contributed by atoms with E-state index in [1.54, 1.807) is 12.1 Å². The second kappa shape index (κ2) is 5.44. The minimum absolute atomic E-state index is 0.134. The van der Waals surface area contributed by atoms with Crippen molar-refractivity contribution in [3.05, 3.63) is 34.9 Å². The Morgan fingerprint density at radius 2 is 2.00 bits per heavy atom. The lowest BCUT2D eigenvalue weighted by atomic mass is 10.0. The lowest BCUT2D eigenvalue weighted by Gasteiger charge is -2.06. The van der Waals surface area contributed by atoms with Gasteiger partial charge in [-0.2, -0.15) is 0 Å². The molecule has 0 saturated heterocycles. The summed E-state index contributed by atoms with van der Waals surface area (Å²) in [6.07, 6.45) is -0.531. The Morgan fingerprint density at radius 1 is 1.29 bits per heavy atom. The maximum atomic E-state index is 12.4. The Hall–Kier alpha value is -0.440. The first-order valence-corrected chi connectivity index (χ1v) is 5.70. The molecule has 0 heterocycles. The van der Waals surface area contributed by atoms with Gasteiger partial charge in [-0.3, -0.25) is 0 Å². The highest BCUT2D eigenvalue weighted by Crippen LogP contribution is 2.22. The third-order valence-corrected chi connectivity index (χ3v) is 2.57. The van der Waals surface area contributed by atoms with Crippen LogP contribution < -0.4 is 0 Å². The maximum Gasteiger partial charge on any atom is 0.263 e. The summed E-state index contributed by atoms with van der Waals surface area (Å²) >= 11 is 3.32. The molecule has 0 aliphatic heterocycles. The van der Waals surface area contributed by atoms with Gasteiger partial charge < -0.3 is 0 Å². The molecular formula is C11H13BrF2. The zero-order valence-corrected chi connectivity index (χ0v) is 9.65. The number of hydrogen-bond donors (Lipinski definition) is 0. The molecule has 1 rings (SSSR count). The molecule has 3 heteroatoms. The third kappa shape index (κ3) is 3.37. The van der Waals surface area contributed by atoms with Gasteiger partial charge in [-0.05, 0) is 25.3 Å². The van der Waals surface area contributed by atoms with Crippen LogP contribution >= 0.6 is 15.9 Å². The number of rotatable bonds is 4. The van der Waals surface area contributed by atoms with E-state index < -0.39 is 6.43 Å². The highest BCUT2D eigenvalue weighted by atomic mass is 79.9. The minimum atomic E-state index is -2.36. The van der Waals surface area contributed by atoms with Crippen molar-refractivity contribution in [2.24, 2.45) is 0 Å². The highest BCUT2D eigenvalue weighted by molar-refractivity contribution is 9.09. The van der Waals surface area contributed by atoms with Gasteiger partial charge in [-0.1, -0.05) is 39.7 Å². The van der Waals surface area contributed by atoms with E-state index in [1.165, 1.54) is 0 Å². The number of aryl methyl sites for hydroxylation is 2. The van der Waals surface area contributed by atoms with Gasteiger partial charge in [0, 0.05) is 10.9 Å². The van der Waals surface area contributed by atoms with E-state index in [1.807, 2.05) is 13.0 Å². The van der Waals surface area contributed by atoms with Gasteiger partial charge in [0.15, 0.2) is 0 Å². The normalized spacial score (nSPS) is 10.9. The first-order valence-electron chi connectivity index (χ1n) is 4.58. The van der Waals surface area contributed by atoms with E-state index >= 15 is 0 Å². The Bertz CT molecular complexity index is 297. The van der Waals surface area contributed by atoms with Crippen LogP contribution in [-0.2, 0) is 6.42 Å². The molecule has 0 nitrogen and oxygen atoms in total. The standard InChI is InChI=1S/C11H13BrF2/c1-8-5-9(3-2-4-12)7-10(6-8)11(13)14/h5-7,11H,2-4H2,1H3. The second-order valence-corrected chi connectivity index (χ2v) is 4.14. The van der Waals surface area contributed by atoms with Crippen LogP contribution in [0.15, 0.2) is 18.2 Å². The summed E-state index contributed by atoms with van der Waals surface area (Å²) < 4.78 is 24.9. The van der Waals surface area contributed by atoms with Gasteiger partial charge in [0.05, 0.1) is 0 Å². The van der Waals surface area contributed by atoms with Crippen molar-refractivity contribution in [2.75, 3.05) is 5.33 Å². The highest BCUT2D eigenvalue weighted by Gasteiger charge is 2.08. The van der Waals surface area contributed by atoms with Crippen LogP contribution in [0, 0.1) is 6.92 Å². The van der Waals surface area contributed by atoms with E-state index in [0.29, 0.717) is 0 Å². The van der Waals surface area contributed by atoms with Gasteiger partial charge >= 0.3 is 0 Å². The minimum Gasteiger partial charge on any atom is -0.205 e. The number of benzene rings is 1. The summed E-state index contributed by atoms with van der Waals surface area (Å²) in [4.78, 5) is 0.